The summed E-state index contributed by atoms with van der Waals surface area (Å²) in [4.78, 5) is 22.8. The molecule has 1 atom stereocenters. The molecular weight excluding hydrogens is 266 g/mol. The minimum Gasteiger partial charge on any atom is -0.467 e. The van der Waals surface area contributed by atoms with E-state index in [-0.39, 0.29) is 18.2 Å². The third-order valence-electron chi connectivity index (χ3n) is 2.29. The molecule has 0 aliphatic rings. The first-order chi connectivity index (χ1) is 9.11. The molecule has 1 aromatic rings. The summed E-state index contributed by atoms with van der Waals surface area (Å²) in [7, 11) is 0. The van der Waals surface area contributed by atoms with Crippen molar-refractivity contribution in [3.63, 3.8) is 0 Å². The van der Waals surface area contributed by atoms with Gasteiger partial charge in [-0.3, -0.25) is 10.1 Å². The Bertz CT molecular complexity index is 395. The first-order valence-electron chi connectivity index (χ1n) is 5.99. The number of amides is 3. The molecule has 19 heavy (non-hydrogen) atoms. The second-order valence-corrected chi connectivity index (χ2v) is 5.20. The van der Waals surface area contributed by atoms with E-state index in [2.05, 4.69) is 10.6 Å². The van der Waals surface area contributed by atoms with Crippen molar-refractivity contribution in [1.29, 1.82) is 0 Å². The number of carbonyl (C=O) groups excluding carboxylic acids is 2. The van der Waals surface area contributed by atoms with Gasteiger partial charge in [0.1, 0.15) is 5.76 Å². The zero-order valence-electron chi connectivity index (χ0n) is 10.8. The lowest BCUT2D eigenvalue weighted by atomic mass is 10.2. The van der Waals surface area contributed by atoms with Gasteiger partial charge in [0, 0.05) is 0 Å². The highest BCUT2D eigenvalue weighted by Gasteiger charge is 2.08. The van der Waals surface area contributed by atoms with Crippen LogP contribution < -0.4 is 16.4 Å². The Morgan fingerprint density at radius 3 is 2.95 bits per heavy atom. The van der Waals surface area contributed by atoms with Crippen LogP contribution in [0.2, 0.25) is 0 Å². The lowest BCUT2D eigenvalue weighted by Gasteiger charge is -2.08. The van der Waals surface area contributed by atoms with Crippen LogP contribution in [-0.2, 0) is 11.3 Å². The number of carbonyl (C=O) groups is 2. The second-order valence-electron chi connectivity index (χ2n) is 4.17. The van der Waals surface area contributed by atoms with Gasteiger partial charge in [-0.2, -0.15) is 11.8 Å². The van der Waals surface area contributed by atoms with Gasteiger partial charge in [-0.15, -0.1) is 0 Å². The summed E-state index contributed by atoms with van der Waals surface area (Å²) in [5.41, 5.74) is 5.47. The SMILES string of the molecule is CC(CN)CSCC(=O)NC(=O)NCc1ccco1. The molecule has 1 rings (SSSR count). The number of imide groups is 1. The minimum absolute atomic E-state index is 0.249. The molecule has 1 heterocycles. The normalized spacial score (nSPS) is 11.9. The van der Waals surface area contributed by atoms with Crippen LogP contribution in [0.3, 0.4) is 0 Å². The molecule has 106 valence electrons. The molecule has 0 bridgehead atoms. The molecular formula is C12H19N3O3S. The average Bonchev–Trinajstić information content (AvgIpc) is 2.89. The van der Waals surface area contributed by atoms with Gasteiger partial charge in [0.05, 0.1) is 18.6 Å². The number of furan rings is 1. The van der Waals surface area contributed by atoms with E-state index in [1.165, 1.54) is 18.0 Å². The predicted molar refractivity (Wildman–Crippen MR) is 74.6 cm³/mol. The molecule has 0 aliphatic carbocycles. The second kappa shape index (κ2) is 8.60. The van der Waals surface area contributed by atoms with Crippen LogP contribution in [0.5, 0.6) is 0 Å². The molecule has 1 aromatic heterocycles. The zero-order chi connectivity index (χ0) is 14.1. The van der Waals surface area contributed by atoms with Gasteiger partial charge in [0.15, 0.2) is 0 Å². The smallest absolute Gasteiger partial charge is 0.321 e. The molecule has 0 radical (unpaired) electrons. The average molecular weight is 285 g/mol. The number of hydrogen-bond acceptors (Lipinski definition) is 5. The van der Waals surface area contributed by atoms with Crippen LogP contribution in [-0.4, -0.2) is 30.0 Å². The molecule has 7 heteroatoms. The Morgan fingerprint density at radius 2 is 2.32 bits per heavy atom. The summed E-state index contributed by atoms with van der Waals surface area (Å²) in [5, 5.41) is 4.78. The van der Waals surface area contributed by atoms with Crippen LogP contribution in [0.25, 0.3) is 0 Å². The van der Waals surface area contributed by atoms with E-state index in [0.717, 1.165) is 5.75 Å². The van der Waals surface area contributed by atoms with Crippen LogP contribution in [0.1, 0.15) is 12.7 Å². The number of hydrogen-bond donors (Lipinski definition) is 3. The maximum Gasteiger partial charge on any atom is 0.321 e. The van der Waals surface area contributed by atoms with Crippen molar-refractivity contribution < 1.29 is 14.0 Å². The molecule has 6 nitrogen and oxygen atoms in total. The van der Waals surface area contributed by atoms with Gasteiger partial charge in [-0.25, -0.2) is 4.79 Å². The summed E-state index contributed by atoms with van der Waals surface area (Å²) < 4.78 is 5.05. The van der Waals surface area contributed by atoms with Gasteiger partial charge < -0.3 is 15.5 Å². The Balaban J connectivity index is 2.12. The Kier molecular flexibility index (Phi) is 7.06. The maximum absolute atomic E-state index is 11.4. The molecule has 4 N–H and O–H groups in total. The van der Waals surface area contributed by atoms with E-state index in [4.69, 9.17) is 10.2 Å². The molecule has 3 amide bonds. The third kappa shape index (κ3) is 6.88. The van der Waals surface area contributed by atoms with E-state index in [1.54, 1.807) is 12.1 Å². The molecule has 0 aromatic carbocycles. The highest BCUT2D eigenvalue weighted by atomic mass is 32.2. The molecule has 0 fully saturated rings. The lowest BCUT2D eigenvalue weighted by Crippen LogP contribution is -2.40. The van der Waals surface area contributed by atoms with Gasteiger partial charge in [0.25, 0.3) is 0 Å². The number of urea groups is 1. The van der Waals surface area contributed by atoms with Crippen LogP contribution in [0, 0.1) is 5.92 Å². The predicted octanol–water partition coefficient (Wildman–Crippen LogP) is 0.933. The van der Waals surface area contributed by atoms with Crippen molar-refractivity contribution in [2.24, 2.45) is 11.7 Å². The highest BCUT2D eigenvalue weighted by Crippen LogP contribution is 2.06. The standard InChI is InChI=1S/C12H19N3O3S/c1-9(5-13)7-19-8-11(16)15-12(17)14-6-10-3-2-4-18-10/h2-4,9H,5-8,13H2,1H3,(H2,14,15,16,17). The van der Waals surface area contributed by atoms with E-state index >= 15 is 0 Å². The Hall–Kier alpha value is -1.47. The Labute approximate surface area is 116 Å². The van der Waals surface area contributed by atoms with Crippen molar-refractivity contribution in [1.82, 2.24) is 10.6 Å². The topological polar surface area (TPSA) is 97.4 Å². The zero-order valence-corrected chi connectivity index (χ0v) is 11.7. The van der Waals surface area contributed by atoms with Crippen molar-refractivity contribution in [3.05, 3.63) is 24.2 Å². The van der Waals surface area contributed by atoms with E-state index in [9.17, 15) is 9.59 Å². The summed E-state index contributed by atoms with van der Waals surface area (Å²) >= 11 is 1.46. The van der Waals surface area contributed by atoms with E-state index in [0.29, 0.717) is 18.2 Å². The van der Waals surface area contributed by atoms with Gasteiger partial charge >= 0.3 is 6.03 Å². The quantitative estimate of drug-likeness (QED) is 0.692. The first-order valence-corrected chi connectivity index (χ1v) is 7.15. The van der Waals surface area contributed by atoms with Crippen molar-refractivity contribution in [2.75, 3.05) is 18.1 Å². The van der Waals surface area contributed by atoms with Gasteiger partial charge in [-0.05, 0) is 30.3 Å². The fourth-order valence-corrected chi connectivity index (χ4v) is 2.12. The largest absolute Gasteiger partial charge is 0.467 e. The van der Waals surface area contributed by atoms with Gasteiger partial charge in [-0.1, -0.05) is 6.92 Å². The van der Waals surface area contributed by atoms with E-state index in [1.807, 2.05) is 6.92 Å². The third-order valence-corrected chi connectivity index (χ3v) is 3.57. The lowest BCUT2D eigenvalue weighted by molar-refractivity contribution is -0.117. The molecule has 0 saturated carbocycles. The summed E-state index contributed by atoms with van der Waals surface area (Å²) in [5.74, 6) is 1.74. The van der Waals surface area contributed by atoms with Crippen LogP contribution in [0.15, 0.2) is 22.8 Å². The number of nitrogens with two attached hydrogens (primary N) is 1. The monoisotopic (exact) mass is 285 g/mol. The fraction of sp³-hybridized carbons (Fsp3) is 0.500. The number of nitrogens with one attached hydrogen (secondary N) is 2. The van der Waals surface area contributed by atoms with Crippen molar-refractivity contribution >= 4 is 23.7 Å². The Morgan fingerprint density at radius 1 is 1.53 bits per heavy atom. The van der Waals surface area contributed by atoms with Crippen LogP contribution in [0.4, 0.5) is 4.79 Å². The molecule has 0 saturated heterocycles. The van der Waals surface area contributed by atoms with Crippen molar-refractivity contribution in [3.8, 4) is 0 Å². The first kappa shape index (κ1) is 15.6. The van der Waals surface area contributed by atoms with Crippen LogP contribution >= 0.6 is 11.8 Å². The van der Waals surface area contributed by atoms with Crippen molar-refractivity contribution in [2.45, 2.75) is 13.5 Å². The molecule has 0 aliphatic heterocycles. The fourth-order valence-electron chi connectivity index (χ4n) is 1.21. The summed E-state index contributed by atoms with van der Waals surface area (Å²) in [6, 6.07) is 2.95. The number of thioether (sulfide) groups is 1. The molecule has 1 unspecified atom stereocenters. The number of rotatable bonds is 7. The van der Waals surface area contributed by atoms with Gasteiger partial charge in [0.2, 0.25) is 5.91 Å². The van der Waals surface area contributed by atoms with E-state index < -0.39 is 6.03 Å². The summed E-state index contributed by atoms with van der Waals surface area (Å²) in [6.07, 6.45) is 1.52. The minimum atomic E-state index is -0.520. The maximum atomic E-state index is 11.4. The highest BCUT2D eigenvalue weighted by molar-refractivity contribution is 7.99. The summed E-state index contributed by atoms with van der Waals surface area (Å²) in [6.45, 7) is 2.86. The molecule has 0 spiro atoms.